The molecule has 36 heavy (non-hydrogen) atoms. The molecule has 2 heterocycles. The number of methoxy groups -OCH3 is 1. The van der Waals surface area contributed by atoms with Crippen LogP contribution in [0.15, 0.2) is 53.3 Å². The molecule has 2 fully saturated rings. The van der Waals surface area contributed by atoms with Crippen LogP contribution in [0.25, 0.3) is 0 Å². The Morgan fingerprint density at radius 3 is 2.61 bits per heavy atom. The molecule has 0 aromatic heterocycles. The van der Waals surface area contributed by atoms with Gasteiger partial charge in [-0.25, -0.2) is 0 Å². The number of carbonyl (C=O) groups is 1. The summed E-state index contributed by atoms with van der Waals surface area (Å²) < 4.78 is 16.8. The van der Waals surface area contributed by atoms with Crippen LogP contribution in [0, 0.1) is 18.3 Å². The fourth-order valence-electron chi connectivity index (χ4n) is 4.83. The third kappa shape index (κ3) is 7.79. The molecule has 2 aliphatic rings. The Labute approximate surface area is 215 Å². The number of benzene rings is 1. The SMILES string of the molecule is C/C=C1/CCOC(CN2CCN(CCc3cccc(COC(C)=O)c3C)CC2)/C1=C/C(=C/C#N)OC. The van der Waals surface area contributed by atoms with Crippen molar-refractivity contribution in [2.45, 2.75) is 46.3 Å². The number of ether oxygens (including phenoxy) is 3. The molecule has 7 nitrogen and oxygen atoms in total. The molecule has 0 amide bonds. The van der Waals surface area contributed by atoms with Gasteiger partial charge in [0.25, 0.3) is 0 Å². The maximum atomic E-state index is 11.2. The second-order valence-corrected chi connectivity index (χ2v) is 9.28. The van der Waals surface area contributed by atoms with E-state index in [-0.39, 0.29) is 12.1 Å². The van der Waals surface area contributed by atoms with Crippen molar-refractivity contribution in [2.75, 3.05) is 53.0 Å². The van der Waals surface area contributed by atoms with Crippen molar-refractivity contribution in [1.29, 1.82) is 5.26 Å². The first-order valence-electron chi connectivity index (χ1n) is 12.7. The number of hydrogen-bond acceptors (Lipinski definition) is 7. The Morgan fingerprint density at radius 1 is 1.22 bits per heavy atom. The van der Waals surface area contributed by atoms with Gasteiger partial charge in [0.05, 0.1) is 32.0 Å². The topological polar surface area (TPSA) is 75.0 Å². The normalized spacial score (nSPS) is 22.0. The zero-order valence-corrected chi connectivity index (χ0v) is 22.1. The molecule has 1 atom stereocenters. The summed E-state index contributed by atoms with van der Waals surface area (Å²) in [6.45, 7) is 12.5. The first kappa shape index (κ1) is 27.7. The van der Waals surface area contributed by atoms with Gasteiger partial charge in [0.15, 0.2) is 0 Å². The lowest BCUT2D eigenvalue weighted by Gasteiger charge is -2.38. The smallest absolute Gasteiger partial charge is 0.302 e. The molecular formula is C29H39N3O4. The molecule has 1 unspecified atom stereocenters. The van der Waals surface area contributed by atoms with Crippen LogP contribution in [0.4, 0.5) is 0 Å². The molecule has 194 valence electrons. The zero-order valence-electron chi connectivity index (χ0n) is 22.1. The van der Waals surface area contributed by atoms with Gasteiger partial charge in [0.2, 0.25) is 0 Å². The van der Waals surface area contributed by atoms with E-state index in [4.69, 9.17) is 19.5 Å². The predicted molar refractivity (Wildman–Crippen MR) is 140 cm³/mol. The minimum atomic E-state index is -0.251. The van der Waals surface area contributed by atoms with Gasteiger partial charge in [-0.3, -0.25) is 9.69 Å². The van der Waals surface area contributed by atoms with Crippen molar-refractivity contribution in [3.8, 4) is 6.07 Å². The summed E-state index contributed by atoms with van der Waals surface area (Å²) >= 11 is 0. The number of allylic oxidation sites excluding steroid dienone is 3. The van der Waals surface area contributed by atoms with Crippen LogP contribution in [0.1, 0.15) is 37.0 Å². The van der Waals surface area contributed by atoms with Crippen LogP contribution in [0.5, 0.6) is 0 Å². The number of piperazine rings is 1. The second-order valence-electron chi connectivity index (χ2n) is 9.28. The first-order valence-corrected chi connectivity index (χ1v) is 12.7. The summed E-state index contributed by atoms with van der Waals surface area (Å²) in [6.07, 6.45) is 7.35. The van der Waals surface area contributed by atoms with E-state index in [9.17, 15) is 4.79 Å². The van der Waals surface area contributed by atoms with E-state index in [1.807, 2.05) is 18.2 Å². The van der Waals surface area contributed by atoms with E-state index in [0.29, 0.717) is 19.0 Å². The molecule has 1 aromatic carbocycles. The Bertz CT molecular complexity index is 1030. The summed E-state index contributed by atoms with van der Waals surface area (Å²) in [6, 6.07) is 8.31. The quantitative estimate of drug-likeness (QED) is 0.293. The molecule has 2 saturated heterocycles. The third-order valence-electron chi connectivity index (χ3n) is 7.07. The van der Waals surface area contributed by atoms with Crippen LogP contribution in [-0.4, -0.2) is 74.9 Å². The lowest BCUT2D eigenvalue weighted by atomic mass is 9.93. The molecule has 0 aliphatic carbocycles. The Balaban J connectivity index is 1.54. The van der Waals surface area contributed by atoms with Crippen molar-refractivity contribution < 1.29 is 19.0 Å². The number of esters is 1. The molecule has 0 spiro atoms. The fraction of sp³-hybridized carbons (Fsp3) is 0.517. The highest BCUT2D eigenvalue weighted by Crippen LogP contribution is 2.28. The average molecular weight is 494 g/mol. The number of rotatable bonds is 9. The fourth-order valence-corrected chi connectivity index (χ4v) is 4.83. The molecular weight excluding hydrogens is 454 g/mol. The van der Waals surface area contributed by atoms with Gasteiger partial charge in [-0.1, -0.05) is 24.3 Å². The summed E-state index contributed by atoms with van der Waals surface area (Å²) in [7, 11) is 1.59. The third-order valence-corrected chi connectivity index (χ3v) is 7.07. The predicted octanol–water partition coefficient (Wildman–Crippen LogP) is 3.93. The van der Waals surface area contributed by atoms with E-state index >= 15 is 0 Å². The van der Waals surface area contributed by atoms with Crippen LogP contribution in [0.3, 0.4) is 0 Å². The van der Waals surface area contributed by atoms with Gasteiger partial charge in [-0.15, -0.1) is 0 Å². The number of hydrogen-bond donors (Lipinski definition) is 0. The summed E-state index contributed by atoms with van der Waals surface area (Å²) in [5.74, 6) is 0.304. The van der Waals surface area contributed by atoms with Gasteiger partial charge < -0.3 is 19.1 Å². The van der Waals surface area contributed by atoms with Crippen LogP contribution < -0.4 is 0 Å². The van der Waals surface area contributed by atoms with Gasteiger partial charge in [-0.2, -0.15) is 5.26 Å². The van der Waals surface area contributed by atoms with Gasteiger partial charge in [0, 0.05) is 46.2 Å². The van der Waals surface area contributed by atoms with E-state index < -0.39 is 0 Å². The monoisotopic (exact) mass is 493 g/mol. The first-order chi connectivity index (χ1) is 17.4. The maximum absolute atomic E-state index is 11.2. The molecule has 7 heteroatoms. The lowest BCUT2D eigenvalue weighted by molar-refractivity contribution is -0.142. The molecule has 0 radical (unpaired) electrons. The molecule has 0 saturated carbocycles. The highest BCUT2D eigenvalue weighted by atomic mass is 16.5. The van der Waals surface area contributed by atoms with E-state index in [1.165, 1.54) is 29.7 Å². The number of nitriles is 1. The average Bonchev–Trinajstić information content (AvgIpc) is 2.88. The van der Waals surface area contributed by atoms with Gasteiger partial charge in [-0.05, 0) is 60.6 Å². The van der Waals surface area contributed by atoms with Crippen LogP contribution in [0.2, 0.25) is 0 Å². The van der Waals surface area contributed by atoms with Crippen molar-refractivity contribution in [2.24, 2.45) is 0 Å². The van der Waals surface area contributed by atoms with E-state index in [0.717, 1.165) is 63.2 Å². The molecule has 3 rings (SSSR count). The van der Waals surface area contributed by atoms with Crippen LogP contribution >= 0.6 is 0 Å². The minimum Gasteiger partial charge on any atom is -0.496 e. The maximum Gasteiger partial charge on any atom is 0.302 e. The largest absolute Gasteiger partial charge is 0.496 e. The van der Waals surface area contributed by atoms with Gasteiger partial charge in [0.1, 0.15) is 12.4 Å². The second kappa shape index (κ2) is 14.0. The number of carbonyl (C=O) groups excluding carboxylic acids is 1. The van der Waals surface area contributed by atoms with Crippen molar-refractivity contribution in [3.63, 3.8) is 0 Å². The highest BCUT2D eigenvalue weighted by Gasteiger charge is 2.27. The highest BCUT2D eigenvalue weighted by molar-refractivity contribution is 5.66. The Morgan fingerprint density at radius 2 is 1.94 bits per heavy atom. The minimum absolute atomic E-state index is 0.0312. The molecule has 1 aromatic rings. The van der Waals surface area contributed by atoms with Crippen LogP contribution in [-0.2, 0) is 32.0 Å². The molecule has 2 aliphatic heterocycles. The summed E-state index contributed by atoms with van der Waals surface area (Å²) in [4.78, 5) is 16.2. The zero-order chi connectivity index (χ0) is 25.9. The standard InChI is InChI=1S/C29H39N3O4/c1-5-24-11-18-35-29(28(24)19-27(34-4)9-12-30)20-32-16-14-31(15-17-32)13-10-25-7-6-8-26(22(25)2)21-36-23(3)33/h5-9,19,29H,10-11,13-18,20-21H2,1-4H3/b24-5-,27-9-,28-19+. The van der Waals surface area contributed by atoms with Crippen molar-refractivity contribution >= 4 is 5.97 Å². The summed E-state index contributed by atoms with van der Waals surface area (Å²) in [5, 5.41) is 9.05. The van der Waals surface area contributed by atoms with Crippen molar-refractivity contribution in [1.82, 2.24) is 9.80 Å². The lowest BCUT2D eigenvalue weighted by Crippen LogP contribution is -2.50. The Kier molecular flexibility index (Phi) is 10.7. The molecule has 0 bridgehead atoms. The van der Waals surface area contributed by atoms with E-state index in [2.05, 4.69) is 41.9 Å². The summed E-state index contributed by atoms with van der Waals surface area (Å²) in [5.41, 5.74) is 5.97. The van der Waals surface area contributed by atoms with Crippen molar-refractivity contribution in [3.05, 3.63) is 70.0 Å². The Hall–Kier alpha value is -2.92. The van der Waals surface area contributed by atoms with E-state index in [1.54, 1.807) is 7.11 Å². The van der Waals surface area contributed by atoms with Gasteiger partial charge >= 0.3 is 5.97 Å². The number of nitrogens with zero attached hydrogens (tertiary/aromatic N) is 3. The molecule has 0 N–H and O–H groups in total.